The summed E-state index contributed by atoms with van der Waals surface area (Å²) in [4.78, 5) is 13.3. The van der Waals surface area contributed by atoms with E-state index in [2.05, 4.69) is 104 Å². The Hall–Kier alpha value is -2.90. The molecule has 0 atom stereocenters. The maximum atomic E-state index is 12.3. The van der Waals surface area contributed by atoms with Gasteiger partial charge >= 0.3 is 65.1 Å². The maximum Gasteiger partial charge on any atom is 1.00 e. The molecule has 0 saturated carbocycles. The van der Waals surface area contributed by atoms with E-state index in [0.717, 1.165) is 105 Å². The molecular formula is C51H69N4Na2O9S2+5. The molecular weight excluding hydrogens is 923 g/mol. The number of fused-ring (bicyclic) bond motifs is 2. The minimum Gasteiger partial charge on any atom is -0.481 e. The van der Waals surface area contributed by atoms with Crippen LogP contribution in [0.25, 0.3) is 0 Å². The molecule has 0 aromatic heterocycles. The molecule has 356 valence electrons. The number of carboxylic acids is 1. The van der Waals surface area contributed by atoms with Gasteiger partial charge in [0.1, 0.15) is 11.5 Å². The molecule has 0 fully saturated rings. The van der Waals surface area contributed by atoms with E-state index in [0.29, 0.717) is 31.0 Å². The van der Waals surface area contributed by atoms with Crippen LogP contribution in [-0.2, 0) is 42.3 Å². The second-order valence-corrected chi connectivity index (χ2v) is 23.7. The van der Waals surface area contributed by atoms with E-state index in [1.807, 2.05) is 24.3 Å². The zero-order valence-corrected chi connectivity index (χ0v) is 47.9. The van der Waals surface area contributed by atoms with Gasteiger partial charge in [-0.1, -0.05) is 32.1 Å². The van der Waals surface area contributed by atoms with Crippen molar-refractivity contribution in [2.24, 2.45) is 0 Å². The number of benzene rings is 3. The van der Waals surface area contributed by atoms with Gasteiger partial charge in [0.2, 0.25) is 5.69 Å². The molecule has 2 aliphatic heterocycles. The molecule has 0 radical (unpaired) electrons. The normalized spacial score (nSPS) is 18.2. The summed E-state index contributed by atoms with van der Waals surface area (Å²) in [6.07, 6.45) is 12.9. The van der Waals surface area contributed by atoms with Crippen LogP contribution in [0.4, 0.5) is 11.4 Å². The minimum atomic E-state index is -4.43. The van der Waals surface area contributed by atoms with Crippen molar-refractivity contribution in [3.8, 4) is 5.75 Å². The number of aryl methyl sites for hydroxylation is 1. The van der Waals surface area contributed by atoms with E-state index < -0.39 is 37.0 Å². The van der Waals surface area contributed by atoms with Crippen molar-refractivity contribution in [3.05, 3.63) is 124 Å². The Balaban J connectivity index is 0.00000504. The first-order chi connectivity index (χ1) is 30.6. The van der Waals surface area contributed by atoms with Crippen LogP contribution < -0.4 is 68.8 Å². The number of quaternary nitrogens is 2. The molecule has 3 aliphatic rings. The van der Waals surface area contributed by atoms with Gasteiger partial charge in [-0.2, -0.15) is 21.4 Å². The number of allylic oxidation sites excluding steroid dienone is 7. The number of hydrogen-bond donors (Lipinski definition) is 3. The van der Waals surface area contributed by atoms with Crippen molar-refractivity contribution < 1.29 is 113 Å². The van der Waals surface area contributed by atoms with Crippen molar-refractivity contribution in [2.45, 2.75) is 93.3 Å². The summed E-state index contributed by atoms with van der Waals surface area (Å²) in [5, 5.41) is 9.27. The Morgan fingerprint density at radius 1 is 0.765 bits per heavy atom. The Kier molecular flexibility index (Phi) is 18.9. The van der Waals surface area contributed by atoms with Gasteiger partial charge in [0, 0.05) is 53.9 Å². The van der Waals surface area contributed by atoms with E-state index in [4.69, 9.17) is 4.74 Å². The fourth-order valence-electron chi connectivity index (χ4n) is 9.32. The molecule has 13 nitrogen and oxygen atoms in total. The summed E-state index contributed by atoms with van der Waals surface area (Å²) in [5.41, 5.74) is 6.95. The predicted molar refractivity (Wildman–Crippen MR) is 260 cm³/mol. The molecule has 17 heteroatoms. The average molecular weight is 992 g/mol. The number of anilines is 1. The fraction of sp³-hybridized carbons (Fsp3) is 0.451. The van der Waals surface area contributed by atoms with Crippen molar-refractivity contribution in [2.75, 3.05) is 73.4 Å². The van der Waals surface area contributed by atoms with E-state index in [1.54, 1.807) is 24.3 Å². The molecule has 0 bridgehead atoms. The minimum absolute atomic E-state index is 0. The number of ether oxygens (including phenoxy) is 1. The zero-order chi connectivity index (χ0) is 48.6. The average Bonchev–Trinajstić information content (AvgIpc) is 3.55. The van der Waals surface area contributed by atoms with E-state index in [1.165, 1.54) is 12.1 Å². The van der Waals surface area contributed by atoms with Gasteiger partial charge in [0.15, 0.2) is 12.3 Å². The SMILES string of the molecule is CC1(C)C(C=CC2=C(Oc3ccc(CCC(=O)O)cc3)/C(=C/C=C3/N(CCC[N+](C)(C)C)c4ccc(S(=O)(=O)O)cc4C3(C)C)CCC2)=[N+](CCC[N+](C)(C)C)c2ccc(S(=O)(=O)O)cc21.[Na+].[Na+]. The summed E-state index contributed by atoms with van der Waals surface area (Å²) in [6, 6.07) is 17.2. The van der Waals surface area contributed by atoms with Crippen LogP contribution in [0.1, 0.15) is 82.9 Å². The summed E-state index contributed by atoms with van der Waals surface area (Å²) < 4.78 is 80.1. The monoisotopic (exact) mass is 991 g/mol. The molecule has 1 aliphatic carbocycles. The summed E-state index contributed by atoms with van der Waals surface area (Å²) in [5.74, 6) is 0.439. The Bertz CT molecular complexity index is 2760. The Morgan fingerprint density at radius 2 is 1.35 bits per heavy atom. The predicted octanol–water partition coefficient (Wildman–Crippen LogP) is 2.46. The van der Waals surface area contributed by atoms with Gasteiger partial charge in [-0.05, 0) is 116 Å². The van der Waals surface area contributed by atoms with E-state index >= 15 is 0 Å². The summed E-state index contributed by atoms with van der Waals surface area (Å²) in [7, 11) is 4.07. The standard InChI is InChI=1S/C51H66N4O9S2.2Na/c1-50(2)42-34-40(65(58,59)60)23-25-44(42)52(30-12-32-54(5,6)7)46(50)27-19-37-14-11-15-38(49(37)64-39-21-16-36(17-22-39)18-29-48(56)57)20-28-47-51(3,4)43-35-41(66(61,62)63)24-26-45(43)53(47)31-13-33-55(8,9)10;;/h16-17,19-28,34-35H,11-15,18,29-33H2,1-10H3;;/q;2*+1/p+3. The third-order valence-corrected chi connectivity index (χ3v) is 14.6. The van der Waals surface area contributed by atoms with Crippen LogP contribution in [0.5, 0.6) is 5.75 Å². The van der Waals surface area contributed by atoms with Gasteiger partial charge in [-0.15, -0.1) is 0 Å². The van der Waals surface area contributed by atoms with E-state index in [-0.39, 0.29) is 75.3 Å². The van der Waals surface area contributed by atoms with Crippen LogP contribution in [0, 0.1) is 0 Å². The third kappa shape index (κ3) is 13.9. The zero-order valence-electron chi connectivity index (χ0n) is 42.3. The van der Waals surface area contributed by atoms with Crippen LogP contribution >= 0.6 is 0 Å². The quantitative estimate of drug-likeness (QED) is 0.0748. The number of carbonyl (C=O) groups is 1. The number of nitrogens with zero attached hydrogens (tertiary/aromatic N) is 4. The third-order valence-electron chi connectivity index (χ3n) is 12.9. The number of aliphatic carboxylic acids is 1. The van der Waals surface area contributed by atoms with Crippen molar-refractivity contribution in [1.82, 2.24) is 0 Å². The van der Waals surface area contributed by atoms with Gasteiger partial charge in [0.05, 0.1) is 77.0 Å². The van der Waals surface area contributed by atoms with Gasteiger partial charge in [-0.3, -0.25) is 13.9 Å². The van der Waals surface area contributed by atoms with Crippen LogP contribution in [0.2, 0.25) is 0 Å². The summed E-state index contributed by atoms with van der Waals surface area (Å²) in [6.45, 7) is 11.5. The summed E-state index contributed by atoms with van der Waals surface area (Å²) >= 11 is 0. The van der Waals surface area contributed by atoms with E-state index in [9.17, 15) is 35.8 Å². The first-order valence-corrected chi connectivity index (χ1v) is 25.5. The van der Waals surface area contributed by atoms with Crippen LogP contribution in [-0.4, -0.2) is 125 Å². The molecule has 3 aromatic carbocycles. The molecule has 2 heterocycles. The Morgan fingerprint density at radius 3 is 1.94 bits per heavy atom. The molecule has 0 amide bonds. The topological polar surface area (TPSA) is 162 Å². The Labute approximate surface area is 449 Å². The first-order valence-electron chi connectivity index (χ1n) is 22.7. The molecule has 0 unspecified atom stereocenters. The number of rotatable bonds is 18. The first kappa shape index (κ1) is 57.7. The number of carboxylic acid groups (broad SMARTS) is 1. The number of hydrogen-bond acceptors (Lipinski definition) is 7. The largest absolute Gasteiger partial charge is 1.00 e. The molecule has 3 N–H and O–H groups in total. The second kappa shape index (κ2) is 22.3. The van der Waals surface area contributed by atoms with Crippen LogP contribution in [0.3, 0.4) is 0 Å². The molecule has 3 aromatic rings. The fourth-order valence-corrected chi connectivity index (χ4v) is 10.3. The van der Waals surface area contributed by atoms with Gasteiger partial charge < -0.3 is 23.7 Å². The van der Waals surface area contributed by atoms with Crippen molar-refractivity contribution in [3.63, 3.8) is 0 Å². The molecule has 68 heavy (non-hydrogen) atoms. The van der Waals surface area contributed by atoms with Gasteiger partial charge in [-0.25, -0.2) is 0 Å². The second-order valence-electron chi connectivity index (χ2n) is 20.9. The van der Waals surface area contributed by atoms with Crippen molar-refractivity contribution in [1.29, 1.82) is 0 Å². The van der Waals surface area contributed by atoms with Gasteiger partial charge in [0.25, 0.3) is 20.2 Å². The molecule has 0 saturated heterocycles. The van der Waals surface area contributed by atoms with Crippen molar-refractivity contribution >= 4 is 43.3 Å². The smallest absolute Gasteiger partial charge is 0.481 e. The maximum absolute atomic E-state index is 12.3. The molecule has 0 spiro atoms. The van der Waals surface area contributed by atoms with Crippen LogP contribution in [0.15, 0.2) is 117 Å². The molecule has 6 rings (SSSR count).